The first-order valence-corrected chi connectivity index (χ1v) is 3.27. The molecule has 54 valence electrons. The molecular formula is C6H13NO2. The van der Waals surface area contributed by atoms with Crippen LogP contribution in [0, 0.1) is 0 Å². The minimum Gasteiger partial charge on any atom is -0.387 e. The summed E-state index contributed by atoms with van der Waals surface area (Å²) >= 11 is 0. The second-order valence-corrected chi connectivity index (χ2v) is 2.57. The molecule has 1 rings (SSSR count). The fourth-order valence-electron chi connectivity index (χ4n) is 1.06. The standard InChI is InChI=1S/C6H13NO2/c7-3-1-6(8)2-4-9-5-6/h8H,1-5,7H2. The van der Waals surface area contributed by atoms with Crippen LogP contribution in [0.3, 0.4) is 0 Å². The van der Waals surface area contributed by atoms with Crippen molar-refractivity contribution in [1.29, 1.82) is 0 Å². The molecule has 0 spiro atoms. The van der Waals surface area contributed by atoms with Gasteiger partial charge in [0.25, 0.3) is 0 Å². The molecule has 1 fully saturated rings. The zero-order chi connectivity index (χ0) is 6.74. The van der Waals surface area contributed by atoms with Gasteiger partial charge in [-0.1, -0.05) is 0 Å². The van der Waals surface area contributed by atoms with Gasteiger partial charge in [0.2, 0.25) is 0 Å². The first-order valence-electron chi connectivity index (χ1n) is 3.27. The van der Waals surface area contributed by atoms with Crippen LogP contribution in [-0.4, -0.2) is 30.5 Å². The van der Waals surface area contributed by atoms with Crippen molar-refractivity contribution in [3.8, 4) is 0 Å². The topological polar surface area (TPSA) is 55.5 Å². The van der Waals surface area contributed by atoms with Gasteiger partial charge in [0.05, 0.1) is 12.2 Å². The van der Waals surface area contributed by atoms with E-state index in [-0.39, 0.29) is 0 Å². The lowest BCUT2D eigenvalue weighted by atomic mass is 10.00. The Bertz CT molecular complexity index is 89.1. The second kappa shape index (κ2) is 2.64. The van der Waals surface area contributed by atoms with Gasteiger partial charge in [0, 0.05) is 13.0 Å². The Labute approximate surface area is 54.8 Å². The van der Waals surface area contributed by atoms with Crippen LogP contribution in [0.1, 0.15) is 12.8 Å². The van der Waals surface area contributed by atoms with Crippen molar-refractivity contribution in [2.24, 2.45) is 5.73 Å². The molecule has 1 aliphatic heterocycles. The molecule has 0 radical (unpaired) electrons. The number of ether oxygens (including phenoxy) is 1. The SMILES string of the molecule is NCCC1(O)CCOC1. The molecule has 0 aromatic carbocycles. The number of nitrogens with two attached hydrogens (primary N) is 1. The molecule has 0 bridgehead atoms. The maximum Gasteiger partial charge on any atom is 0.0914 e. The third-order valence-corrected chi connectivity index (χ3v) is 1.69. The second-order valence-electron chi connectivity index (χ2n) is 2.57. The molecule has 3 heteroatoms. The van der Waals surface area contributed by atoms with Gasteiger partial charge in [-0.3, -0.25) is 0 Å². The molecule has 3 N–H and O–H groups in total. The number of hydrogen-bond donors (Lipinski definition) is 2. The van der Waals surface area contributed by atoms with E-state index in [9.17, 15) is 5.11 Å². The summed E-state index contributed by atoms with van der Waals surface area (Å²) in [4.78, 5) is 0. The highest BCUT2D eigenvalue weighted by Crippen LogP contribution is 2.20. The van der Waals surface area contributed by atoms with Crippen molar-refractivity contribution in [3.63, 3.8) is 0 Å². The van der Waals surface area contributed by atoms with Crippen LogP contribution < -0.4 is 5.73 Å². The van der Waals surface area contributed by atoms with E-state index in [4.69, 9.17) is 10.5 Å². The van der Waals surface area contributed by atoms with Crippen molar-refractivity contribution >= 4 is 0 Å². The summed E-state index contributed by atoms with van der Waals surface area (Å²) < 4.78 is 5.01. The van der Waals surface area contributed by atoms with Crippen LogP contribution in [0.2, 0.25) is 0 Å². The smallest absolute Gasteiger partial charge is 0.0914 e. The van der Waals surface area contributed by atoms with Gasteiger partial charge in [-0.2, -0.15) is 0 Å². The summed E-state index contributed by atoms with van der Waals surface area (Å²) in [6.45, 7) is 1.68. The molecule has 1 heterocycles. The molecular weight excluding hydrogens is 118 g/mol. The fraction of sp³-hybridized carbons (Fsp3) is 1.00. The molecule has 0 saturated carbocycles. The summed E-state index contributed by atoms with van der Waals surface area (Å²) in [6.07, 6.45) is 1.40. The summed E-state index contributed by atoms with van der Waals surface area (Å²) in [5, 5.41) is 9.49. The molecule has 0 amide bonds. The Morgan fingerprint density at radius 3 is 2.89 bits per heavy atom. The van der Waals surface area contributed by atoms with E-state index >= 15 is 0 Å². The zero-order valence-electron chi connectivity index (χ0n) is 5.47. The van der Waals surface area contributed by atoms with Crippen LogP contribution in [-0.2, 0) is 4.74 Å². The Hall–Kier alpha value is -0.120. The van der Waals surface area contributed by atoms with Gasteiger partial charge in [0.1, 0.15) is 0 Å². The Balaban J connectivity index is 2.32. The van der Waals surface area contributed by atoms with Gasteiger partial charge < -0.3 is 15.6 Å². The average Bonchev–Trinajstić information content (AvgIpc) is 2.16. The lowest BCUT2D eigenvalue weighted by molar-refractivity contribution is 0.0214. The average molecular weight is 131 g/mol. The normalized spacial score (nSPS) is 35.3. The molecule has 1 saturated heterocycles. The highest BCUT2D eigenvalue weighted by Gasteiger charge is 2.30. The van der Waals surface area contributed by atoms with Gasteiger partial charge in [-0.05, 0) is 13.0 Å². The summed E-state index contributed by atoms with van der Waals surface area (Å²) in [5.41, 5.74) is 4.68. The largest absolute Gasteiger partial charge is 0.387 e. The van der Waals surface area contributed by atoms with Crippen molar-refractivity contribution in [2.75, 3.05) is 19.8 Å². The zero-order valence-corrected chi connectivity index (χ0v) is 5.47. The third kappa shape index (κ3) is 1.64. The summed E-state index contributed by atoms with van der Waals surface area (Å²) in [7, 11) is 0. The van der Waals surface area contributed by atoms with Crippen LogP contribution in [0.5, 0.6) is 0 Å². The molecule has 0 aromatic rings. The predicted molar refractivity (Wildman–Crippen MR) is 34.1 cm³/mol. The number of hydrogen-bond acceptors (Lipinski definition) is 3. The molecule has 1 aliphatic rings. The van der Waals surface area contributed by atoms with Crippen molar-refractivity contribution < 1.29 is 9.84 Å². The van der Waals surface area contributed by atoms with Gasteiger partial charge in [-0.25, -0.2) is 0 Å². The monoisotopic (exact) mass is 131 g/mol. The summed E-state index contributed by atoms with van der Waals surface area (Å²) in [5.74, 6) is 0. The summed E-state index contributed by atoms with van der Waals surface area (Å²) in [6, 6.07) is 0. The highest BCUT2D eigenvalue weighted by atomic mass is 16.5. The Morgan fingerprint density at radius 1 is 1.67 bits per heavy atom. The van der Waals surface area contributed by atoms with Gasteiger partial charge >= 0.3 is 0 Å². The van der Waals surface area contributed by atoms with Gasteiger partial charge in [0.15, 0.2) is 0 Å². The maximum absolute atomic E-state index is 9.49. The van der Waals surface area contributed by atoms with Crippen LogP contribution in [0.15, 0.2) is 0 Å². The Kier molecular flexibility index (Phi) is 2.05. The van der Waals surface area contributed by atoms with E-state index in [1.165, 1.54) is 0 Å². The van der Waals surface area contributed by atoms with E-state index in [0.717, 1.165) is 6.42 Å². The highest BCUT2D eigenvalue weighted by molar-refractivity contribution is 4.82. The van der Waals surface area contributed by atoms with Crippen molar-refractivity contribution in [1.82, 2.24) is 0 Å². The fourth-order valence-corrected chi connectivity index (χ4v) is 1.06. The first-order chi connectivity index (χ1) is 4.27. The van der Waals surface area contributed by atoms with E-state index in [2.05, 4.69) is 0 Å². The van der Waals surface area contributed by atoms with Crippen LogP contribution in [0.25, 0.3) is 0 Å². The number of aliphatic hydroxyl groups is 1. The number of rotatable bonds is 2. The quantitative estimate of drug-likeness (QED) is 0.530. The van der Waals surface area contributed by atoms with Crippen molar-refractivity contribution in [3.05, 3.63) is 0 Å². The van der Waals surface area contributed by atoms with Gasteiger partial charge in [-0.15, -0.1) is 0 Å². The Morgan fingerprint density at radius 2 is 2.44 bits per heavy atom. The van der Waals surface area contributed by atoms with Crippen LogP contribution >= 0.6 is 0 Å². The first kappa shape index (κ1) is 6.99. The molecule has 9 heavy (non-hydrogen) atoms. The molecule has 0 aromatic heterocycles. The third-order valence-electron chi connectivity index (χ3n) is 1.69. The minimum absolute atomic E-state index is 0.462. The maximum atomic E-state index is 9.49. The molecule has 1 unspecified atom stereocenters. The molecule has 0 aliphatic carbocycles. The van der Waals surface area contributed by atoms with Crippen LogP contribution in [0.4, 0.5) is 0 Å². The lowest BCUT2D eigenvalue weighted by Gasteiger charge is -2.18. The van der Waals surface area contributed by atoms with E-state index in [1.807, 2.05) is 0 Å². The van der Waals surface area contributed by atoms with Crippen molar-refractivity contribution in [2.45, 2.75) is 18.4 Å². The van der Waals surface area contributed by atoms with E-state index in [1.54, 1.807) is 0 Å². The lowest BCUT2D eigenvalue weighted by Crippen LogP contribution is -2.31. The minimum atomic E-state index is -0.602. The predicted octanol–water partition coefficient (Wildman–Crippen LogP) is -0.513. The van der Waals surface area contributed by atoms with E-state index < -0.39 is 5.60 Å². The molecule has 3 nitrogen and oxygen atoms in total. The van der Waals surface area contributed by atoms with E-state index in [0.29, 0.717) is 26.2 Å². The molecule has 1 atom stereocenters.